The zero-order chi connectivity index (χ0) is 16.5. The van der Waals surface area contributed by atoms with Crippen LogP contribution in [0.5, 0.6) is 5.75 Å². The number of ether oxygens (including phenoxy) is 1. The number of hydrogen-bond acceptors (Lipinski definition) is 4. The van der Waals surface area contributed by atoms with Gasteiger partial charge in [-0.1, -0.05) is 0 Å². The van der Waals surface area contributed by atoms with E-state index in [1.54, 1.807) is 13.3 Å². The van der Waals surface area contributed by atoms with Gasteiger partial charge in [-0.25, -0.2) is 15.0 Å². The minimum Gasteiger partial charge on any atom is -0.497 e. The second-order valence-corrected chi connectivity index (χ2v) is 5.51. The van der Waals surface area contributed by atoms with Crippen LogP contribution in [0.4, 0.5) is 0 Å². The first kappa shape index (κ1) is 14.4. The molecule has 5 nitrogen and oxygen atoms in total. The summed E-state index contributed by atoms with van der Waals surface area (Å²) in [6.07, 6.45) is 5.60. The van der Waals surface area contributed by atoms with E-state index in [0.717, 1.165) is 33.7 Å². The van der Waals surface area contributed by atoms with Crippen LogP contribution in [0, 0.1) is 6.92 Å². The molecule has 0 saturated heterocycles. The van der Waals surface area contributed by atoms with Gasteiger partial charge in [-0.3, -0.25) is 0 Å². The van der Waals surface area contributed by atoms with Crippen LogP contribution < -0.4 is 4.74 Å². The normalized spacial score (nSPS) is 10.9. The summed E-state index contributed by atoms with van der Waals surface area (Å²) in [5.41, 5.74) is 2.93. The number of imidazole rings is 1. The number of nitrogens with zero attached hydrogens (tertiary/aromatic N) is 4. The molecule has 0 radical (unpaired) electrons. The lowest BCUT2D eigenvalue weighted by molar-refractivity contribution is 0.415. The van der Waals surface area contributed by atoms with Gasteiger partial charge in [0, 0.05) is 35.2 Å². The molecule has 0 unspecified atom stereocenters. The second-order valence-electron chi connectivity index (χ2n) is 5.51. The van der Waals surface area contributed by atoms with Gasteiger partial charge in [-0.2, -0.15) is 0 Å². The molecule has 118 valence electrons. The van der Waals surface area contributed by atoms with Gasteiger partial charge in [0.1, 0.15) is 11.6 Å². The number of aromatic nitrogens is 4. The summed E-state index contributed by atoms with van der Waals surface area (Å²) in [5, 5.41) is 0.998. The van der Waals surface area contributed by atoms with Crippen LogP contribution in [0.3, 0.4) is 0 Å². The molecule has 0 aliphatic heterocycles. The Balaban J connectivity index is 1.75. The summed E-state index contributed by atoms with van der Waals surface area (Å²) in [4.78, 5) is 13.4. The Bertz CT molecular complexity index is 1010. The van der Waals surface area contributed by atoms with Gasteiger partial charge < -0.3 is 9.30 Å². The molecule has 0 amide bonds. The maximum Gasteiger partial charge on any atom is 0.159 e. The van der Waals surface area contributed by atoms with E-state index in [2.05, 4.69) is 21.0 Å². The summed E-state index contributed by atoms with van der Waals surface area (Å²) in [5.74, 6) is 2.47. The molecule has 0 spiro atoms. The van der Waals surface area contributed by atoms with E-state index in [1.165, 1.54) is 0 Å². The minimum atomic E-state index is 0.705. The molecule has 0 atom stereocenters. The lowest BCUT2D eigenvalue weighted by Gasteiger charge is -2.07. The first-order valence-corrected chi connectivity index (χ1v) is 7.66. The van der Waals surface area contributed by atoms with E-state index in [-0.39, 0.29) is 0 Å². The predicted molar refractivity (Wildman–Crippen MR) is 93.4 cm³/mol. The van der Waals surface area contributed by atoms with E-state index < -0.39 is 0 Å². The minimum absolute atomic E-state index is 0.705. The van der Waals surface area contributed by atoms with Crippen LogP contribution >= 0.6 is 0 Å². The van der Waals surface area contributed by atoms with Gasteiger partial charge in [0.2, 0.25) is 0 Å². The molecule has 0 bridgehead atoms. The van der Waals surface area contributed by atoms with E-state index in [9.17, 15) is 0 Å². The number of hydrogen-bond donors (Lipinski definition) is 0. The molecule has 0 saturated carbocycles. The summed E-state index contributed by atoms with van der Waals surface area (Å²) >= 11 is 0. The molecule has 0 fully saturated rings. The van der Waals surface area contributed by atoms with Crippen molar-refractivity contribution < 1.29 is 4.74 Å². The molecular weight excluding hydrogens is 300 g/mol. The predicted octanol–water partition coefficient (Wildman–Crippen LogP) is 3.80. The van der Waals surface area contributed by atoms with Crippen LogP contribution in [0.1, 0.15) is 5.82 Å². The van der Waals surface area contributed by atoms with Crippen molar-refractivity contribution in [2.75, 3.05) is 7.11 Å². The van der Waals surface area contributed by atoms with E-state index in [0.29, 0.717) is 5.82 Å². The highest BCUT2D eigenvalue weighted by atomic mass is 16.5. The van der Waals surface area contributed by atoms with Gasteiger partial charge in [-0.05, 0) is 49.4 Å². The van der Waals surface area contributed by atoms with Crippen LogP contribution in [0.25, 0.3) is 28.0 Å². The third-order valence-corrected chi connectivity index (χ3v) is 4.02. The van der Waals surface area contributed by atoms with Crippen molar-refractivity contribution in [3.63, 3.8) is 0 Å². The molecule has 5 heteroatoms. The zero-order valence-corrected chi connectivity index (χ0v) is 13.5. The van der Waals surface area contributed by atoms with Crippen LogP contribution in [-0.2, 0) is 0 Å². The molecule has 2 heterocycles. The van der Waals surface area contributed by atoms with Crippen molar-refractivity contribution in [2.24, 2.45) is 0 Å². The summed E-state index contributed by atoms with van der Waals surface area (Å²) in [7, 11) is 1.65. The number of rotatable bonds is 3. The smallest absolute Gasteiger partial charge is 0.159 e. The van der Waals surface area contributed by atoms with Gasteiger partial charge >= 0.3 is 0 Å². The van der Waals surface area contributed by atoms with Crippen LogP contribution in [0.15, 0.2) is 61.1 Å². The Kier molecular flexibility index (Phi) is 3.46. The first-order valence-electron chi connectivity index (χ1n) is 7.66. The van der Waals surface area contributed by atoms with Crippen molar-refractivity contribution in [3.05, 3.63) is 66.9 Å². The fourth-order valence-electron chi connectivity index (χ4n) is 2.70. The first-order chi connectivity index (χ1) is 11.7. The third-order valence-electron chi connectivity index (χ3n) is 4.02. The van der Waals surface area contributed by atoms with E-state index >= 15 is 0 Å². The van der Waals surface area contributed by atoms with Gasteiger partial charge in [0.15, 0.2) is 5.82 Å². The SMILES string of the molecule is COc1ccc(-c2ncc3cc(-n4ccnc4C)ccc3n2)cc1. The van der Waals surface area contributed by atoms with Crippen molar-refractivity contribution in [1.29, 1.82) is 0 Å². The maximum atomic E-state index is 5.19. The highest BCUT2D eigenvalue weighted by molar-refractivity contribution is 5.81. The number of methoxy groups -OCH3 is 1. The summed E-state index contributed by atoms with van der Waals surface area (Å²) in [6.45, 7) is 1.98. The fourth-order valence-corrected chi connectivity index (χ4v) is 2.70. The molecule has 4 rings (SSSR count). The van der Waals surface area contributed by atoms with Crippen LogP contribution in [-0.4, -0.2) is 26.6 Å². The average Bonchev–Trinajstić information content (AvgIpc) is 3.07. The Morgan fingerprint density at radius 1 is 1.00 bits per heavy atom. The molecule has 4 aromatic rings. The van der Waals surface area contributed by atoms with Crippen LogP contribution in [0.2, 0.25) is 0 Å². The van der Waals surface area contributed by atoms with Gasteiger partial charge in [0.05, 0.1) is 12.6 Å². The molecule has 0 aliphatic carbocycles. The van der Waals surface area contributed by atoms with Crippen molar-refractivity contribution in [3.8, 4) is 22.8 Å². The Morgan fingerprint density at radius 3 is 2.54 bits per heavy atom. The highest BCUT2D eigenvalue weighted by Gasteiger charge is 2.06. The lowest BCUT2D eigenvalue weighted by atomic mass is 10.1. The zero-order valence-electron chi connectivity index (χ0n) is 13.5. The Hall–Kier alpha value is -3.21. The molecule has 0 N–H and O–H groups in total. The van der Waals surface area contributed by atoms with Crippen molar-refractivity contribution in [1.82, 2.24) is 19.5 Å². The maximum absolute atomic E-state index is 5.19. The monoisotopic (exact) mass is 316 g/mol. The van der Waals surface area contributed by atoms with Gasteiger partial charge in [-0.15, -0.1) is 0 Å². The molecule has 2 aromatic carbocycles. The summed E-state index contributed by atoms with van der Waals surface area (Å²) < 4.78 is 7.22. The van der Waals surface area contributed by atoms with Crippen molar-refractivity contribution >= 4 is 10.9 Å². The van der Waals surface area contributed by atoms with Gasteiger partial charge in [0.25, 0.3) is 0 Å². The number of fused-ring (bicyclic) bond motifs is 1. The molecule has 0 aliphatic rings. The topological polar surface area (TPSA) is 52.8 Å². The Morgan fingerprint density at radius 2 is 1.83 bits per heavy atom. The van der Waals surface area contributed by atoms with Crippen molar-refractivity contribution in [2.45, 2.75) is 6.92 Å². The Labute approximate surface area is 139 Å². The number of benzene rings is 2. The quantitative estimate of drug-likeness (QED) is 0.577. The standard InChI is InChI=1S/C19H16N4O/c1-13-20-9-10-23(13)16-5-8-18-15(11-16)12-21-19(22-18)14-3-6-17(24-2)7-4-14/h3-12H,1-2H3. The molecular formula is C19H16N4O. The largest absolute Gasteiger partial charge is 0.497 e. The second kappa shape index (κ2) is 5.77. The van der Waals surface area contributed by atoms with E-state index in [1.807, 2.05) is 60.3 Å². The van der Waals surface area contributed by atoms with E-state index in [4.69, 9.17) is 4.74 Å². The molecule has 2 aromatic heterocycles. The third kappa shape index (κ3) is 2.50. The fraction of sp³-hybridized carbons (Fsp3) is 0.105. The average molecular weight is 316 g/mol. The molecule has 24 heavy (non-hydrogen) atoms. The highest BCUT2D eigenvalue weighted by Crippen LogP contribution is 2.23. The lowest BCUT2D eigenvalue weighted by Crippen LogP contribution is -1.96. The number of aryl methyl sites for hydroxylation is 1. The summed E-state index contributed by atoms with van der Waals surface area (Å²) in [6, 6.07) is 13.9.